The first kappa shape index (κ1) is 12.2. The van der Waals surface area contributed by atoms with E-state index in [1.807, 2.05) is 19.1 Å². The van der Waals surface area contributed by atoms with Crippen molar-refractivity contribution in [1.82, 2.24) is 10.2 Å². The first-order chi connectivity index (χ1) is 7.68. The lowest BCUT2D eigenvalue weighted by Crippen LogP contribution is -2.49. The van der Waals surface area contributed by atoms with Crippen molar-refractivity contribution in [2.45, 2.75) is 13.0 Å². The number of carbonyl (C=O) groups is 1. The largest absolute Gasteiger partial charge is 0.314 e. The second kappa shape index (κ2) is 5.40. The van der Waals surface area contributed by atoms with Gasteiger partial charge in [-0.2, -0.15) is 0 Å². The van der Waals surface area contributed by atoms with Gasteiger partial charge >= 0.3 is 0 Å². The molecular weight excluding hydrogens is 288 g/mol. The van der Waals surface area contributed by atoms with Crippen LogP contribution in [0.15, 0.2) is 15.9 Å². The molecule has 2 rings (SSSR count). The molecule has 0 bridgehead atoms. The van der Waals surface area contributed by atoms with Crippen molar-refractivity contribution in [3.63, 3.8) is 0 Å². The zero-order chi connectivity index (χ0) is 11.5. The van der Waals surface area contributed by atoms with E-state index >= 15 is 0 Å². The highest BCUT2D eigenvalue weighted by molar-refractivity contribution is 9.11. The summed E-state index contributed by atoms with van der Waals surface area (Å²) in [6.45, 7) is 5.87. The lowest BCUT2D eigenvalue weighted by Gasteiger charge is -2.31. The topological polar surface area (TPSA) is 32.3 Å². The molecule has 0 amide bonds. The van der Waals surface area contributed by atoms with Crippen molar-refractivity contribution in [3.8, 4) is 0 Å². The minimum absolute atomic E-state index is 0.00681. The number of nitrogens with zero attached hydrogens (tertiary/aromatic N) is 1. The second-order valence-corrected chi connectivity index (χ2v) is 6.39. The number of hydrogen-bond acceptors (Lipinski definition) is 4. The lowest BCUT2D eigenvalue weighted by molar-refractivity contribution is 0.0824. The van der Waals surface area contributed by atoms with E-state index in [4.69, 9.17) is 0 Å². The maximum absolute atomic E-state index is 12.2. The van der Waals surface area contributed by atoms with Crippen molar-refractivity contribution in [2.24, 2.45) is 0 Å². The number of carbonyl (C=O) groups excluding carboxylic acids is 1. The summed E-state index contributed by atoms with van der Waals surface area (Å²) in [5, 5.41) is 3.29. The van der Waals surface area contributed by atoms with Crippen LogP contribution in [-0.4, -0.2) is 42.9 Å². The average Bonchev–Trinajstić information content (AvgIpc) is 2.75. The summed E-state index contributed by atoms with van der Waals surface area (Å²) < 4.78 is 1.02. The molecular formula is C11H15BrN2OS. The summed E-state index contributed by atoms with van der Waals surface area (Å²) in [7, 11) is 0. The van der Waals surface area contributed by atoms with E-state index in [1.54, 1.807) is 0 Å². The smallest absolute Gasteiger partial charge is 0.189 e. The fourth-order valence-corrected chi connectivity index (χ4v) is 3.30. The molecule has 1 saturated heterocycles. The third-order valence-corrected chi connectivity index (χ3v) is 4.53. The highest BCUT2D eigenvalue weighted by Crippen LogP contribution is 2.24. The van der Waals surface area contributed by atoms with Crippen LogP contribution in [0.5, 0.6) is 0 Å². The van der Waals surface area contributed by atoms with Gasteiger partial charge in [-0.25, -0.2) is 0 Å². The Morgan fingerprint density at radius 3 is 2.75 bits per heavy atom. The van der Waals surface area contributed by atoms with E-state index in [9.17, 15) is 4.79 Å². The van der Waals surface area contributed by atoms with Gasteiger partial charge in [-0.15, -0.1) is 11.3 Å². The summed E-state index contributed by atoms with van der Waals surface area (Å²) in [5.74, 6) is 0.234. The SMILES string of the molecule is CC(C(=O)c1ccc(Br)s1)N1CCNCC1. The first-order valence-electron chi connectivity index (χ1n) is 5.43. The summed E-state index contributed by atoms with van der Waals surface area (Å²) in [5.41, 5.74) is 0. The molecule has 0 aromatic carbocycles. The maximum Gasteiger partial charge on any atom is 0.189 e. The Morgan fingerprint density at radius 2 is 2.19 bits per heavy atom. The van der Waals surface area contributed by atoms with Crippen molar-refractivity contribution in [3.05, 3.63) is 20.8 Å². The van der Waals surface area contributed by atoms with Gasteiger partial charge in [0.2, 0.25) is 0 Å². The fraction of sp³-hybridized carbons (Fsp3) is 0.545. The molecule has 3 nitrogen and oxygen atoms in total. The van der Waals surface area contributed by atoms with Gasteiger partial charge in [0.1, 0.15) is 0 Å². The number of hydrogen-bond donors (Lipinski definition) is 1. The third kappa shape index (κ3) is 2.71. The molecule has 5 heteroatoms. The van der Waals surface area contributed by atoms with Gasteiger partial charge in [0.15, 0.2) is 5.78 Å². The van der Waals surface area contributed by atoms with Crippen molar-refractivity contribution in [2.75, 3.05) is 26.2 Å². The predicted octanol–water partition coefficient (Wildman–Crippen LogP) is 1.99. The molecule has 1 N–H and O–H groups in total. The Labute approximate surface area is 108 Å². The van der Waals surface area contributed by atoms with Crippen LogP contribution in [0.4, 0.5) is 0 Å². The van der Waals surface area contributed by atoms with E-state index in [0.29, 0.717) is 0 Å². The summed E-state index contributed by atoms with van der Waals surface area (Å²) in [4.78, 5) is 15.3. The number of piperazine rings is 1. The fourth-order valence-electron chi connectivity index (χ4n) is 1.89. The van der Waals surface area contributed by atoms with Crippen LogP contribution < -0.4 is 5.32 Å². The molecule has 0 radical (unpaired) electrons. The van der Waals surface area contributed by atoms with Crippen LogP contribution in [0.3, 0.4) is 0 Å². The number of ketones is 1. The molecule has 1 aromatic heterocycles. The highest BCUT2D eigenvalue weighted by atomic mass is 79.9. The highest BCUT2D eigenvalue weighted by Gasteiger charge is 2.24. The van der Waals surface area contributed by atoms with Gasteiger partial charge in [0, 0.05) is 26.2 Å². The Kier molecular flexibility index (Phi) is 4.13. The second-order valence-electron chi connectivity index (χ2n) is 3.93. The predicted molar refractivity (Wildman–Crippen MR) is 70.3 cm³/mol. The Balaban J connectivity index is 2.03. The molecule has 1 aromatic rings. The molecule has 0 spiro atoms. The van der Waals surface area contributed by atoms with E-state index in [0.717, 1.165) is 34.8 Å². The van der Waals surface area contributed by atoms with E-state index in [-0.39, 0.29) is 11.8 Å². The standard InChI is InChI=1S/C11H15BrN2OS/c1-8(14-6-4-13-5-7-14)11(15)9-2-3-10(12)16-9/h2-3,8,13H,4-7H2,1H3. The summed E-state index contributed by atoms with van der Waals surface area (Å²) in [6, 6.07) is 3.82. The van der Waals surface area contributed by atoms with Gasteiger partial charge in [-0.3, -0.25) is 9.69 Å². The van der Waals surface area contributed by atoms with E-state index in [1.165, 1.54) is 11.3 Å². The molecule has 2 heterocycles. The Bertz CT molecular complexity index is 374. The van der Waals surface area contributed by atoms with E-state index in [2.05, 4.69) is 26.1 Å². The minimum atomic E-state index is -0.00681. The summed E-state index contributed by atoms with van der Waals surface area (Å²) >= 11 is 4.90. The molecule has 16 heavy (non-hydrogen) atoms. The van der Waals surface area contributed by atoms with Crippen LogP contribution in [-0.2, 0) is 0 Å². The van der Waals surface area contributed by atoms with Crippen molar-refractivity contribution < 1.29 is 4.79 Å². The quantitative estimate of drug-likeness (QED) is 0.867. The third-order valence-electron chi connectivity index (χ3n) is 2.89. The molecule has 1 aliphatic heterocycles. The zero-order valence-electron chi connectivity index (χ0n) is 9.20. The monoisotopic (exact) mass is 302 g/mol. The van der Waals surface area contributed by atoms with Gasteiger partial charge in [-0.05, 0) is 35.0 Å². The Morgan fingerprint density at radius 1 is 1.50 bits per heavy atom. The van der Waals surface area contributed by atoms with Gasteiger partial charge in [0.05, 0.1) is 14.7 Å². The molecule has 1 aliphatic rings. The van der Waals surface area contributed by atoms with E-state index < -0.39 is 0 Å². The Hall–Kier alpha value is -0.230. The van der Waals surface area contributed by atoms with Crippen LogP contribution in [0, 0.1) is 0 Å². The van der Waals surface area contributed by atoms with Gasteiger partial charge in [-0.1, -0.05) is 0 Å². The van der Waals surface area contributed by atoms with Crippen LogP contribution >= 0.6 is 27.3 Å². The number of rotatable bonds is 3. The molecule has 88 valence electrons. The van der Waals surface area contributed by atoms with Crippen molar-refractivity contribution in [1.29, 1.82) is 0 Å². The van der Waals surface area contributed by atoms with Gasteiger partial charge < -0.3 is 5.32 Å². The van der Waals surface area contributed by atoms with Crippen molar-refractivity contribution >= 4 is 33.0 Å². The average molecular weight is 303 g/mol. The first-order valence-corrected chi connectivity index (χ1v) is 7.04. The number of Topliss-reactive ketones (excluding diaryl/α,β-unsaturated/α-hetero) is 1. The van der Waals surface area contributed by atoms with Crippen LogP contribution in [0.25, 0.3) is 0 Å². The molecule has 1 fully saturated rings. The van der Waals surface area contributed by atoms with Gasteiger partial charge in [0.25, 0.3) is 0 Å². The number of halogens is 1. The van der Waals surface area contributed by atoms with Crippen LogP contribution in [0.1, 0.15) is 16.6 Å². The molecule has 0 saturated carbocycles. The molecule has 0 aliphatic carbocycles. The van der Waals surface area contributed by atoms with Crippen LogP contribution in [0.2, 0.25) is 0 Å². The normalized spacial score (nSPS) is 19.6. The number of nitrogens with one attached hydrogen (secondary N) is 1. The zero-order valence-corrected chi connectivity index (χ0v) is 11.6. The molecule has 1 unspecified atom stereocenters. The maximum atomic E-state index is 12.2. The molecule has 1 atom stereocenters. The lowest BCUT2D eigenvalue weighted by atomic mass is 10.1. The summed E-state index contributed by atoms with van der Waals surface area (Å²) in [6.07, 6.45) is 0. The minimum Gasteiger partial charge on any atom is -0.314 e. The number of thiophene rings is 1.